The second kappa shape index (κ2) is 11.0. The number of nitrogens with zero attached hydrogens (tertiary/aromatic N) is 6. The fourth-order valence-corrected chi connectivity index (χ4v) is 5.72. The van der Waals surface area contributed by atoms with E-state index in [0.29, 0.717) is 18.7 Å². The Morgan fingerprint density at radius 2 is 2.02 bits per heavy atom. The van der Waals surface area contributed by atoms with Crippen LogP contribution in [0.4, 0.5) is 16.0 Å². The number of ether oxygens (including phenoxy) is 1. The van der Waals surface area contributed by atoms with Crippen LogP contribution in [0.2, 0.25) is 0 Å². The number of carbonyl (C=O) groups excluding carboxylic acids is 1. The number of anilines is 2. The fourth-order valence-electron chi connectivity index (χ4n) is 5.72. The Morgan fingerprint density at radius 3 is 2.67 bits per heavy atom. The van der Waals surface area contributed by atoms with E-state index < -0.39 is 11.4 Å². The molecule has 0 radical (unpaired) electrons. The summed E-state index contributed by atoms with van der Waals surface area (Å²) in [6.45, 7) is 3.87. The van der Waals surface area contributed by atoms with E-state index in [1.807, 2.05) is 39.2 Å². The zero-order chi connectivity index (χ0) is 29.4. The van der Waals surface area contributed by atoms with E-state index in [0.717, 1.165) is 58.5 Å². The van der Waals surface area contributed by atoms with Crippen molar-refractivity contribution in [1.29, 1.82) is 0 Å². The summed E-state index contributed by atoms with van der Waals surface area (Å²) in [5.41, 5.74) is 2.94. The van der Waals surface area contributed by atoms with Crippen LogP contribution in [0.3, 0.4) is 0 Å². The minimum Gasteiger partial charge on any atom is -0.368 e. The largest absolute Gasteiger partial charge is 0.368 e. The molecule has 0 unspecified atom stereocenters. The second-order valence-corrected chi connectivity index (χ2v) is 11.0. The molecule has 218 valence electrons. The maximum atomic E-state index is 13.6. The number of nitrogens with one attached hydrogen (secondary N) is 3. The van der Waals surface area contributed by atoms with Gasteiger partial charge in [0.05, 0.1) is 24.0 Å². The first-order valence-electron chi connectivity index (χ1n) is 14.0. The third kappa shape index (κ3) is 5.25. The number of hydrogen-bond acceptors (Lipinski definition) is 7. The molecule has 0 spiro atoms. The summed E-state index contributed by atoms with van der Waals surface area (Å²) in [7, 11) is 3.63. The molecule has 1 amide bonds. The van der Waals surface area contributed by atoms with Crippen LogP contribution in [-0.4, -0.2) is 53.1 Å². The summed E-state index contributed by atoms with van der Waals surface area (Å²) in [5.74, 6) is 1.59. The fraction of sp³-hybridized carbons (Fsp3) is 0.367. The van der Waals surface area contributed by atoms with Crippen molar-refractivity contribution in [2.24, 2.45) is 7.05 Å². The van der Waals surface area contributed by atoms with Gasteiger partial charge in [-0.25, -0.2) is 19.0 Å². The normalized spacial score (nSPS) is 19.6. The van der Waals surface area contributed by atoms with Gasteiger partial charge in [0.25, 0.3) is 5.91 Å². The van der Waals surface area contributed by atoms with Crippen LogP contribution in [0.5, 0.6) is 0 Å². The van der Waals surface area contributed by atoms with Gasteiger partial charge in [-0.2, -0.15) is 10.2 Å². The van der Waals surface area contributed by atoms with Crippen LogP contribution < -0.4 is 10.6 Å². The lowest BCUT2D eigenvalue weighted by molar-refractivity contribution is -0.148. The van der Waals surface area contributed by atoms with Gasteiger partial charge in [-0.3, -0.25) is 9.89 Å². The van der Waals surface area contributed by atoms with Gasteiger partial charge in [-0.15, -0.1) is 0 Å². The van der Waals surface area contributed by atoms with Gasteiger partial charge in [0.15, 0.2) is 17.5 Å². The van der Waals surface area contributed by atoms with Gasteiger partial charge in [0, 0.05) is 55.3 Å². The number of methoxy groups -OCH3 is 1. The van der Waals surface area contributed by atoms with E-state index in [1.165, 1.54) is 10.9 Å². The summed E-state index contributed by atoms with van der Waals surface area (Å²) in [6, 6.07) is 9.45. The maximum absolute atomic E-state index is 13.6. The summed E-state index contributed by atoms with van der Waals surface area (Å²) in [4.78, 5) is 23.0. The summed E-state index contributed by atoms with van der Waals surface area (Å²) >= 11 is 0. The first kappa shape index (κ1) is 27.6. The molecule has 0 aromatic carbocycles. The monoisotopic (exact) mass is 571 g/mol. The van der Waals surface area contributed by atoms with Crippen LogP contribution >= 0.6 is 0 Å². The number of rotatable bonds is 8. The number of hydrogen-bond donors (Lipinski definition) is 3. The Kier molecular flexibility index (Phi) is 7.23. The molecule has 3 N–H and O–H groups in total. The number of amides is 1. The standard InChI is InChI=1S/C30H34FN9O2/c1-18-13-26(38-37-18)36-28-23-9-12-39(3)25(23)14-24(35-28)20-7-10-30(42-4,11-8-20)29(41)34-19(2)21-5-6-27(32-15-21)40-17-22(31)16-33-40/h5-6,9,12-17,19-20H,7-8,10-11H2,1-4H3,(H,34,41)(H2,35,36,37,38)/t19-,20?,30?/m0/s1. The number of fused-ring (bicyclic) bond motifs is 1. The highest BCUT2D eigenvalue weighted by Crippen LogP contribution is 2.41. The molecule has 1 aliphatic carbocycles. The number of carbonyl (C=O) groups is 1. The van der Waals surface area contributed by atoms with Crippen molar-refractivity contribution >= 4 is 28.4 Å². The highest BCUT2D eigenvalue weighted by Gasteiger charge is 2.43. The third-order valence-corrected chi connectivity index (χ3v) is 8.27. The SMILES string of the molecule is COC1(C(=O)N[C@@H](C)c2ccc(-n3cc(F)cn3)nc2)CCC(c2cc3c(ccn3C)c(Nc3cc(C)[nH]n3)n2)CC1. The molecule has 5 aromatic rings. The van der Waals surface area contributed by atoms with Gasteiger partial charge in [0.1, 0.15) is 11.4 Å². The Hall–Kier alpha value is -4.58. The Balaban J connectivity index is 1.15. The van der Waals surface area contributed by atoms with Crippen molar-refractivity contribution in [3.8, 4) is 5.82 Å². The van der Waals surface area contributed by atoms with Crippen molar-refractivity contribution in [3.05, 3.63) is 77.9 Å². The summed E-state index contributed by atoms with van der Waals surface area (Å²) in [6.07, 6.45) is 8.75. The van der Waals surface area contributed by atoms with E-state index in [1.54, 1.807) is 19.4 Å². The first-order chi connectivity index (χ1) is 20.2. The number of aryl methyl sites for hydroxylation is 2. The quantitative estimate of drug-likeness (QED) is 0.239. The third-order valence-electron chi connectivity index (χ3n) is 8.27. The minimum atomic E-state index is -0.923. The molecule has 1 fully saturated rings. The van der Waals surface area contributed by atoms with Crippen molar-refractivity contribution in [3.63, 3.8) is 0 Å². The zero-order valence-electron chi connectivity index (χ0n) is 24.1. The average Bonchev–Trinajstić information content (AvgIpc) is 3.73. The van der Waals surface area contributed by atoms with Gasteiger partial charge < -0.3 is 19.9 Å². The Morgan fingerprint density at radius 1 is 1.21 bits per heavy atom. The number of H-pyrrole nitrogens is 1. The summed E-state index contributed by atoms with van der Waals surface area (Å²) < 4.78 is 22.7. The molecule has 1 aliphatic rings. The number of aromatic nitrogens is 7. The second-order valence-electron chi connectivity index (χ2n) is 11.0. The predicted octanol–water partition coefficient (Wildman–Crippen LogP) is 4.99. The van der Waals surface area contributed by atoms with Crippen LogP contribution in [0.15, 0.2) is 55.1 Å². The molecule has 11 nitrogen and oxygen atoms in total. The lowest BCUT2D eigenvalue weighted by Crippen LogP contribution is -2.50. The lowest BCUT2D eigenvalue weighted by atomic mass is 9.76. The molecule has 0 aliphatic heterocycles. The van der Waals surface area contributed by atoms with E-state index in [2.05, 4.69) is 47.6 Å². The molecule has 6 rings (SSSR count). The van der Waals surface area contributed by atoms with Crippen LogP contribution in [0.25, 0.3) is 16.7 Å². The molecule has 12 heteroatoms. The minimum absolute atomic E-state index is 0.142. The molecule has 0 bridgehead atoms. The number of halogens is 1. The lowest BCUT2D eigenvalue weighted by Gasteiger charge is -2.38. The molecule has 42 heavy (non-hydrogen) atoms. The number of aromatic amines is 1. The predicted molar refractivity (Wildman–Crippen MR) is 156 cm³/mol. The Bertz CT molecular complexity index is 1710. The van der Waals surface area contributed by atoms with Crippen molar-refractivity contribution in [2.75, 3.05) is 12.4 Å². The first-order valence-corrected chi connectivity index (χ1v) is 14.0. The molecular formula is C30H34FN9O2. The molecule has 5 heterocycles. The zero-order valence-corrected chi connectivity index (χ0v) is 24.1. The smallest absolute Gasteiger partial charge is 0.252 e. The Labute approximate surface area is 242 Å². The van der Waals surface area contributed by atoms with Gasteiger partial charge in [-0.05, 0) is 63.3 Å². The van der Waals surface area contributed by atoms with Crippen LogP contribution in [-0.2, 0) is 16.6 Å². The maximum Gasteiger partial charge on any atom is 0.252 e. The van der Waals surface area contributed by atoms with Gasteiger partial charge >= 0.3 is 0 Å². The molecule has 1 saturated carbocycles. The summed E-state index contributed by atoms with van der Waals surface area (Å²) in [5, 5.41) is 18.7. The van der Waals surface area contributed by atoms with E-state index >= 15 is 0 Å². The number of pyridine rings is 2. The highest BCUT2D eigenvalue weighted by molar-refractivity contribution is 5.92. The van der Waals surface area contributed by atoms with E-state index in [-0.39, 0.29) is 17.9 Å². The van der Waals surface area contributed by atoms with Crippen molar-refractivity contribution in [2.45, 2.75) is 57.1 Å². The molecule has 0 saturated heterocycles. The molecule has 5 aromatic heterocycles. The van der Waals surface area contributed by atoms with Crippen LogP contribution in [0, 0.1) is 12.7 Å². The molecule has 1 atom stereocenters. The van der Waals surface area contributed by atoms with Crippen molar-refractivity contribution in [1.82, 2.24) is 39.8 Å². The van der Waals surface area contributed by atoms with E-state index in [9.17, 15) is 9.18 Å². The van der Waals surface area contributed by atoms with E-state index in [4.69, 9.17) is 9.72 Å². The van der Waals surface area contributed by atoms with Crippen LogP contribution in [0.1, 0.15) is 61.5 Å². The van der Waals surface area contributed by atoms with Crippen molar-refractivity contribution < 1.29 is 13.9 Å². The highest BCUT2D eigenvalue weighted by atomic mass is 19.1. The average molecular weight is 572 g/mol. The topological polar surface area (TPSA) is 128 Å². The van der Waals surface area contributed by atoms with Gasteiger partial charge in [-0.1, -0.05) is 6.07 Å². The van der Waals surface area contributed by atoms with Gasteiger partial charge in [0.2, 0.25) is 0 Å². The molecular weight excluding hydrogens is 537 g/mol.